The van der Waals surface area contributed by atoms with E-state index >= 15 is 0 Å². The number of carbonyl (C=O) groups is 1. The molecule has 0 saturated carbocycles. The van der Waals surface area contributed by atoms with Crippen molar-refractivity contribution < 1.29 is 22.3 Å². The summed E-state index contributed by atoms with van der Waals surface area (Å²) in [6.07, 6.45) is 1.11. The summed E-state index contributed by atoms with van der Waals surface area (Å²) in [7, 11) is -3.39. The smallest absolute Gasteiger partial charge is 0.274 e. The molecule has 4 aromatic rings. The zero-order chi connectivity index (χ0) is 23.4. The minimum Gasteiger partial charge on any atom is -0.457 e. The predicted molar refractivity (Wildman–Crippen MR) is 124 cm³/mol. The summed E-state index contributed by atoms with van der Waals surface area (Å²) < 4.78 is 42.2. The summed E-state index contributed by atoms with van der Waals surface area (Å²) in [5.74, 6) is 0.292. The van der Waals surface area contributed by atoms with E-state index in [2.05, 4.69) is 10.3 Å². The lowest BCUT2D eigenvalue weighted by molar-refractivity contribution is 0.102. The molecule has 8 heteroatoms. The van der Waals surface area contributed by atoms with Crippen LogP contribution in [0.3, 0.4) is 0 Å². The van der Waals surface area contributed by atoms with Crippen molar-refractivity contribution in [2.24, 2.45) is 0 Å². The first-order valence-corrected chi connectivity index (χ1v) is 11.8. The van der Waals surface area contributed by atoms with Crippen molar-refractivity contribution in [2.45, 2.75) is 4.90 Å². The molecule has 0 bridgehead atoms. The van der Waals surface area contributed by atoms with Gasteiger partial charge in [-0.25, -0.2) is 17.8 Å². The van der Waals surface area contributed by atoms with E-state index in [1.54, 1.807) is 66.7 Å². The molecule has 0 atom stereocenters. The van der Waals surface area contributed by atoms with Crippen LogP contribution in [0.2, 0.25) is 0 Å². The molecule has 3 aromatic carbocycles. The van der Waals surface area contributed by atoms with Crippen LogP contribution in [0.1, 0.15) is 10.5 Å². The van der Waals surface area contributed by atoms with E-state index in [1.165, 1.54) is 24.3 Å². The Kier molecular flexibility index (Phi) is 6.19. The van der Waals surface area contributed by atoms with E-state index in [1.807, 2.05) is 0 Å². The van der Waals surface area contributed by atoms with Crippen LogP contribution < -0.4 is 10.1 Å². The van der Waals surface area contributed by atoms with Gasteiger partial charge in [0.05, 0.1) is 10.6 Å². The van der Waals surface area contributed by atoms with Crippen molar-refractivity contribution in [1.82, 2.24) is 4.98 Å². The summed E-state index contributed by atoms with van der Waals surface area (Å²) >= 11 is 0. The van der Waals surface area contributed by atoms with Crippen LogP contribution in [0, 0.1) is 5.82 Å². The fourth-order valence-electron chi connectivity index (χ4n) is 3.05. The van der Waals surface area contributed by atoms with Gasteiger partial charge in [-0.15, -0.1) is 0 Å². The summed E-state index contributed by atoms with van der Waals surface area (Å²) in [5, 5.41) is 2.68. The van der Waals surface area contributed by atoms with Crippen LogP contribution in [0.5, 0.6) is 11.5 Å². The van der Waals surface area contributed by atoms with E-state index in [4.69, 9.17) is 4.74 Å². The number of halogens is 1. The number of nitrogens with one attached hydrogen (secondary N) is 1. The van der Waals surface area contributed by atoms with Gasteiger partial charge in [0.25, 0.3) is 5.91 Å². The lowest BCUT2D eigenvalue weighted by atomic mass is 10.1. The van der Waals surface area contributed by atoms with Crippen molar-refractivity contribution in [2.75, 3.05) is 11.6 Å². The van der Waals surface area contributed by atoms with Crippen LogP contribution in [0.4, 0.5) is 10.1 Å². The third-order valence-electron chi connectivity index (χ3n) is 4.70. The summed E-state index contributed by atoms with van der Waals surface area (Å²) in [6, 6.07) is 23.9. The van der Waals surface area contributed by atoms with E-state index in [-0.39, 0.29) is 16.4 Å². The summed E-state index contributed by atoms with van der Waals surface area (Å²) in [5.41, 5.74) is 1.90. The Balaban J connectivity index is 1.49. The largest absolute Gasteiger partial charge is 0.457 e. The van der Waals surface area contributed by atoms with Gasteiger partial charge in [-0.2, -0.15) is 0 Å². The van der Waals surface area contributed by atoms with Crippen LogP contribution in [0.15, 0.2) is 95.9 Å². The Labute approximate surface area is 190 Å². The number of nitrogens with zero attached hydrogens (tertiary/aromatic N) is 1. The molecule has 0 fully saturated rings. The average molecular weight is 463 g/mol. The lowest BCUT2D eigenvalue weighted by Gasteiger charge is -2.09. The number of hydrogen-bond acceptors (Lipinski definition) is 5. The van der Waals surface area contributed by atoms with Gasteiger partial charge in [-0.1, -0.05) is 12.1 Å². The van der Waals surface area contributed by atoms with Gasteiger partial charge in [0.15, 0.2) is 9.84 Å². The zero-order valence-electron chi connectivity index (χ0n) is 17.5. The molecule has 166 valence electrons. The lowest BCUT2D eigenvalue weighted by Crippen LogP contribution is -2.14. The quantitative estimate of drug-likeness (QED) is 0.418. The fraction of sp³-hybridized carbons (Fsp3) is 0.0400. The molecular weight excluding hydrogens is 443 g/mol. The first-order valence-electron chi connectivity index (χ1n) is 9.90. The first-order chi connectivity index (χ1) is 15.8. The van der Waals surface area contributed by atoms with Crippen LogP contribution in [-0.4, -0.2) is 25.6 Å². The second kappa shape index (κ2) is 9.22. The molecule has 1 N–H and O–H groups in total. The van der Waals surface area contributed by atoms with Gasteiger partial charge in [0, 0.05) is 17.5 Å². The number of rotatable bonds is 6. The first kappa shape index (κ1) is 22.2. The third kappa shape index (κ3) is 5.61. The van der Waals surface area contributed by atoms with Crippen LogP contribution >= 0.6 is 0 Å². The number of sulfone groups is 1. The van der Waals surface area contributed by atoms with E-state index in [0.717, 1.165) is 11.8 Å². The van der Waals surface area contributed by atoms with Gasteiger partial charge in [0.1, 0.15) is 23.0 Å². The number of ether oxygens (including phenoxy) is 1. The molecule has 1 amide bonds. The summed E-state index contributed by atoms with van der Waals surface area (Å²) in [4.78, 5) is 17.2. The SMILES string of the molecule is CS(=O)(=O)c1cccc(NC(=O)c2cccc(-c3ccc(Oc4ccc(F)cc4)cc3)n2)c1. The Morgan fingerprint density at radius 1 is 0.879 bits per heavy atom. The van der Waals surface area contributed by atoms with E-state index in [9.17, 15) is 17.6 Å². The second-order valence-electron chi connectivity index (χ2n) is 7.24. The summed E-state index contributed by atoms with van der Waals surface area (Å²) in [6.45, 7) is 0. The molecule has 1 aromatic heterocycles. The van der Waals surface area contributed by atoms with Crippen LogP contribution in [-0.2, 0) is 9.84 Å². The number of amides is 1. The number of carbonyl (C=O) groups excluding carboxylic acids is 1. The fourth-order valence-corrected chi connectivity index (χ4v) is 3.72. The molecule has 6 nitrogen and oxygen atoms in total. The van der Waals surface area contributed by atoms with Crippen molar-refractivity contribution in [1.29, 1.82) is 0 Å². The molecule has 0 saturated heterocycles. The molecular formula is C25H19FN2O4S. The molecule has 33 heavy (non-hydrogen) atoms. The number of pyridine rings is 1. The Bertz CT molecular complexity index is 1400. The van der Waals surface area contributed by atoms with Crippen molar-refractivity contribution >= 4 is 21.4 Å². The highest BCUT2D eigenvalue weighted by Gasteiger charge is 2.12. The number of hydrogen-bond donors (Lipinski definition) is 1. The topological polar surface area (TPSA) is 85.4 Å². The Morgan fingerprint density at radius 2 is 1.52 bits per heavy atom. The van der Waals surface area contributed by atoms with E-state index < -0.39 is 15.7 Å². The third-order valence-corrected chi connectivity index (χ3v) is 5.81. The minimum atomic E-state index is -3.39. The number of aromatic nitrogens is 1. The second-order valence-corrected chi connectivity index (χ2v) is 9.26. The number of benzene rings is 3. The molecule has 0 aliphatic heterocycles. The maximum Gasteiger partial charge on any atom is 0.274 e. The Morgan fingerprint density at radius 3 is 2.18 bits per heavy atom. The molecule has 0 aliphatic carbocycles. The highest BCUT2D eigenvalue weighted by Crippen LogP contribution is 2.25. The average Bonchev–Trinajstić information content (AvgIpc) is 2.81. The minimum absolute atomic E-state index is 0.116. The molecule has 0 spiro atoms. The normalized spacial score (nSPS) is 11.1. The van der Waals surface area contributed by atoms with Crippen molar-refractivity contribution in [3.05, 3.63) is 103 Å². The highest BCUT2D eigenvalue weighted by atomic mass is 32.2. The van der Waals surface area contributed by atoms with Gasteiger partial charge >= 0.3 is 0 Å². The monoisotopic (exact) mass is 462 g/mol. The Hall–Kier alpha value is -4.04. The van der Waals surface area contributed by atoms with Gasteiger partial charge in [-0.3, -0.25) is 4.79 Å². The molecule has 4 rings (SSSR count). The standard InChI is InChI=1S/C25H19FN2O4S/c1-33(30,31)22-5-2-4-19(16-22)27-25(29)24-7-3-6-23(28-24)17-8-12-20(13-9-17)32-21-14-10-18(26)11-15-21/h2-16H,1H3,(H,27,29). The maximum atomic E-state index is 13.0. The van der Waals surface area contributed by atoms with Gasteiger partial charge in [0.2, 0.25) is 0 Å². The molecule has 0 radical (unpaired) electrons. The zero-order valence-corrected chi connectivity index (χ0v) is 18.3. The highest BCUT2D eigenvalue weighted by molar-refractivity contribution is 7.90. The van der Waals surface area contributed by atoms with E-state index in [0.29, 0.717) is 22.9 Å². The van der Waals surface area contributed by atoms with Gasteiger partial charge < -0.3 is 10.1 Å². The van der Waals surface area contributed by atoms with Crippen molar-refractivity contribution in [3.63, 3.8) is 0 Å². The number of anilines is 1. The molecule has 0 aliphatic rings. The van der Waals surface area contributed by atoms with Crippen LogP contribution in [0.25, 0.3) is 11.3 Å². The van der Waals surface area contributed by atoms with Crippen molar-refractivity contribution in [3.8, 4) is 22.8 Å². The maximum absolute atomic E-state index is 13.0. The molecule has 0 unspecified atom stereocenters. The molecule has 1 heterocycles. The predicted octanol–water partition coefficient (Wildman–Crippen LogP) is 5.34. The van der Waals surface area contributed by atoms with Gasteiger partial charge in [-0.05, 0) is 78.9 Å².